The van der Waals surface area contributed by atoms with Crippen molar-refractivity contribution in [2.24, 2.45) is 22.2 Å². The Hall–Kier alpha value is -1.64. The van der Waals surface area contributed by atoms with Crippen molar-refractivity contribution < 1.29 is 9.90 Å². The van der Waals surface area contributed by atoms with Crippen LogP contribution >= 0.6 is 0 Å². The molecule has 0 spiro atoms. The third-order valence-electron chi connectivity index (χ3n) is 3.32. The molecule has 1 aliphatic carbocycles. The Balaban J connectivity index is 2.08. The summed E-state index contributed by atoms with van der Waals surface area (Å²) in [6, 6.07) is 9.57. The Bertz CT molecular complexity index is 423. The van der Waals surface area contributed by atoms with Gasteiger partial charge >= 0.3 is 5.97 Å². The molecule has 0 aliphatic heterocycles. The summed E-state index contributed by atoms with van der Waals surface area (Å²) in [5, 5.41) is 8.99. The summed E-state index contributed by atoms with van der Waals surface area (Å²) in [6.07, 6.45) is 1.77. The molecule has 0 amide bonds. The van der Waals surface area contributed by atoms with Crippen molar-refractivity contribution in [1.29, 1.82) is 0 Å². The average Bonchev–Trinajstić information content (AvgIpc) is 2.79. The van der Waals surface area contributed by atoms with Gasteiger partial charge in [-0.3, -0.25) is 9.79 Å². The number of rotatable bonds is 3. The van der Waals surface area contributed by atoms with Crippen molar-refractivity contribution in [2.75, 3.05) is 0 Å². The van der Waals surface area contributed by atoms with E-state index in [1.54, 1.807) is 6.21 Å². The Morgan fingerprint density at radius 3 is 2.50 bits per heavy atom. The topological polar surface area (TPSA) is 49.7 Å². The fourth-order valence-electron chi connectivity index (χ4n) is 2.11. The quantitative estimate of drug-likeness (QED) is 0.791. The summed E-state index contributed by atoms with van der Waals surface area (Å²) < 4.78 is 0. The molecule has 0 bridgehead atoms. The van der Waals surface area contributed by atoms with Crippen molar-refractivity contribution in [3.05, 3.63) is 30.3 Å². The van der Waals surface area contributed by atoms with Crippen LogP contribution in [-0.2, 0) is 4.79 Å². The normalized spacial score (nSPS) is 26.9. The van der Waals surface area contributed by atoms with Gasteiger partial charge in [-0.1, -0.05) is 32.0 Å². The first-order chi connectivity index (χ1) is 7.53. The molecule has 1 aromatic carbocycles. The minimum Gasteiger partial charge on any atom is -0.481 e. The first-order valence-corrected chi connectivity index (χ1v) is 5.35. The molecule has 0 heterocycles. The summed E-state index contributed by atoms with van der Waals surface area (Å²) >= 11 is 0. The molecule has 1 aromatic rings. The smallest absolute Gasteiger partial charge is 0.307 e. The molecule has 84 valence electrons. The van der Waals surface area contributed by atoms with E-state index in [1.807, 2.05) is 44.2 Å². The highest BCUT2D eigenvalue weighted by molar-refractivity contribution is 5.85. The molecule has 1 N–H and O–H groups in total. The Kier molecular flexibility index (Phi) is 2.54. The number of carbonyl (C=O) groups is 1. The Morgan fingerprint density at radius 1 is 1.38 bits per heavy atom. The summed E-state index contributed by atoms with van der Waals surface area (Å²) in [7, 11) is 0. The molecule has 1 saturated carbocycles. The third kappa shape index (κ3) is 1.85. The number of carboxylic acids is 1. The fourth-order valence-corrected chi connectivity index (χ4v) is 2.11. The summed E-state index contributed by atoms with van der Waals surface area (Å²) in [5.74, 6) is -0.973. The van der Waals surface area contributed by atoms with E-state index in [1.165, 1.54) is 0 Å². The van der Waals surface area contributed by atoms with Crippen molar-refractivity contribution in [2.45, 2.75) is 13.8 Å². The van der Waals surface area contributed by atoms with Gasteiger partial charge in [0.2, 0.25) is 0 Å². The van der Waals surface area contributed by atoms with Crippen LogP contribution in [0, 0.1) is 17.3 Å². The lowest BCUT2D eigenvalue weighted by atomic mass is 10.1. The van der Waals surface area contributed by atoms with Crippen LogP contribution in [0.4, 0.5) is 5.69 Å². The van der Waals surface area contributed by atoms with Crippen LogP contribution in [0.25, 0.3) is 0 Å². The molecular formula is C13H15NO2. The average molecular weight is 217 g/mol. The zero-order chi connectivity index (χ0) is 11.8. The van der Waals surface area contributed by atoms with Gasteiger partial charge in [-0.25, -0.2) is 0 Å². The highest BCUT2D eigenvalue weighted by Crippen LogP contribution is 2.57. The number of hydrogen-bond acceptors (Lipinski definition) is 2. The minimum atomic E-state index is -0.727. The second-order valence-corrected chi connectivity index (χ2v) is 4.78. The molecule has 16 heavy (non-hydrogen) atoms. The zero-order valence-corrected chi connectivity index (χ0v) is 9.42. The van der Waals surface area contributed by atoms with Crippen LogP contribution in [0.1, 0.15) is 13.8 Å². The molecule has 2 atom stereocenters. The number of nitrogens with zero attached hydrogens (tertiary/aromatic N) is 1. The molecule has 0 aromatic heterocycles. The summed E-state index contributed by atoms with van der Waals surface area (Å²) in [4.78, 5) is 15.2. The van der Waals surface area contributed by atoms with E-state index in [2.05, 4.69) is 4.99 Å². The molecule has 0 radical (unpaired) electrons. The van der Waals surface area contributed by atoms with Crippen LogP contribution < -0.4 is 0 Å². The number of aliphatic imine (C=N–C) groups is 1. The van der Waals surface area contributed by atoms with Gasteiger partial charge in [0.15, 0.2) is 0 Å². The van der Waals surface area contributed by atoms with Crippen molar-refractivity contribution in [3.8, 4) is 0 Å². The number of para-hydroxylation sites is 1. The molecule has 0 saturated heterocycles. The van der Waals surface area contributed by atoms with Gasteiger partial charge in [0, 0.05) is 12.1 Å². The number of aliphatic carboxylic acids is 1. The number of hydrogen-bond donors (Lipinski definition) is 1. The maximum absolute atomic E-state index is 10.9. The van der Waals surface area contributed by atoms with Crippen LogP contribution in [0.3, 0.4) is 0 Å². The first-order valence-electron chi connectivity index (χ1n) is 5.35. The maximum Gasteiger partial charge on any atom is 0.307 e. The van der Waals surface area contributed by atoms with E-state index in [4.69, 9.17) is 5.11 Å². The van der Waals surface area contributed by atoms with E-state index in [0.717, 1.165) is 5.69 Å². The van der Waals surface area contributed by atoms with Crippen molar-refractivity contribution >= 4 is 17.9 Å². The standard InChI is InChI=1S/C13H15NO2/c1-13(2)10(11(13)12(15)16)8-14-9-6-4-3-5-7-9/h3-8,10-11H,1-2H3,(H,15,16)/t10-,11+/m0/s1. The van der Waals surface area contributed by atoms with Gasteiger partial charge in [0.1, 0.15) is 0 Å². The van der Waals surface area contributed by atoms with Crippen LogP contribution in [0.2, 0.25) is 0 Å². The minimum absolute atomic E-state index is 0.0465. The van der Waals surface area contributed by atoms with Crippen LogP contribution in [0.15, 0.2) is 35.3 Å². The van der Waals surface area contributed by atoms with Crippen LogP contribution in [0.5, 0.6) is 0 Å². The number of benzene rings is 1. The summed E-state index contributed by atoms with van der Waals surface area (Å²) in [6.45, 7) is 3.93. The predicted octanol–water partition coefficient (Wildman–Crippen LogP) is 2.75. The molecule has 3 heteroatoms. The molecular weight excluding hydrogens is 202 g/mol. The molecule has 2 rings (SSSR count). The highest BCUT2D eigenvalue weighted by atomic mass is 16.4. The maximum atomic E-state index is 10.9. The van der Waals surface area contributed by atoms with Crippen LogP contribution in [-0.4, -0.2) is 17.3 Å². The van der Waals surface area contributed by atoms with Gasteiger partial charge in [-0.15, -0.1) is 0 Å². The van der Waals surface area contributed by atoms with Crippen molar-refractivity contribution in [3.63, 3.8) is 0 Å². The lowest BCUT2D eigenvalue weighted by Gasteiger charge is -1.96. The lowest BCUT2D eigenvalue weighted by molar-refractivity contribution is -0.139. The lowest BCUT2D eigenvalue weighted by Crippen LogP contribution is -2.03. The van der Waals surface area contributed by atoms with Gasteiger partial charge in [0.05, 0.1) is 11.6 Å². The van der Waals surface area contributed by atoms with E-state index in [-0.39, 0.29) is 17.3 Å². The Labute approximate surface area is 94.8 Å². The number of carboxylic acid groups (broad SMARTS) is 1. The second-order valence-electron chi connectivity index (χ2n) is 4.78. The highest BCUT2D eigenvalue weighted by Gasteiger charge is 2.61. The largest absolute Gasteiger partial charge is 0.481 e. The first kappa shape index (κ1) is 10.9. The molecule has 0 unspecified atom stereocenters. The third-order valence-corrected chi connectivity index (χ3v) is 3.32. The van der Waals surface area contributed by atoms with Crippen molar-refractivity contribution in [1.82, 2.24) is 0 Å². The van der Waals surface area contributed by atoms with E-state index >= 15 is 0 Å². The van der Waals surface area contributed by atoms with E-state index < -0.39 is 5.97 Å². The zero-order valence-electron chi connectivity index (χ0n) is 9.42. The molecule has 1 fully saturated rings. The monoisotopic (exact) mass is 217 g/mol. The fraction of sp³-hybridized carbons (Fsp3) is 0.385. The molecule has 3 nitrogen and oxygen atoms in total. The van der Waals surface area contributed by atoms with E-state index in [0.29, 0.717) is 0 Å². The van der Waals surface area contributed by atoms with Gasteiger partial charge in [-0.05, 0) is 17.5 Å². The predicted molar refractivity (Wildman–Crippen MR) is 63.0 cm³/mol. The Morgan fingerprint density at radius 2 is 2.00 bits per heavy atom. The van der Waals surface area contributed by atoms with E-state index in [9.17, 15) is 4.79 Å². The molecule has 1 aliphatic rings. The SMILES string of the molecule is CC1(C)[C@@H](C=Nc2ccccc2)[C@@H]1C(=O)O. The summed E-state index contributed by atoms with van der Waals surface area (Å²) in [5.41, 5.74) is 0.707. The van der Waals surface area contributed by atoms with Gasteiger partial charge in [0.25, 0.3) is 0 Å². The second kappa shape index (κ2) is 3.74. The van der Waals surface area contributed by atoms with Gasteiger partial charge < -0.3 is 5.11 Å². The van der Waals surface area contributed by atoms with Gasteiger partial charge in [-0.2, -0.15) is 0 Å².